The zero-order valence-corrected chi connectivity index (χ0v) is 13.2. The summed E-state index contributed by atoms with van der Waals surface area (Å²) in [6, 6.07) is 1.34. The number of nitrogens with one attached hydrogen (secondary N) is 1. The number of aromatic nitrogens is 3. The summed E-state index contributed by atoms with van der Waals surface area (Å²) >= 11 is 0. The van der Waals surface area contributed by atoms with Crippen molar-refractivity contribution >= 4 is 16.9 Å². The zero-order chi connectivity index (χ0) is 17.1. The van der Waals surface area contributed by atoms with Crippen molar-refractivity contribution in [3.8, 4) is 0 Å². The number of amides is 1. The van der Waals surface area contributed by atoms with E-state index in [2.05, 4.69) is 15.4 Å². The van der Waals surface area contributed by atoms with Crippen LogP contribution in [0.2, 0.25) is 0 Å². The van der Waals surface area contributed by atoms with Crippen LogP contribution in [0, 0.1) is 6.92 Å². The predicted octanol–water partition coefficient (Wildman–Crippen LogP) is 2.91. The number of alkyl halides is 3. The summed E-state index contributed by atoms with van der Waals surface area (Å²) in [4.78, 5) is 16.4. The monoisotopic (exact) mass is 338 g/mol. The van der Waals surface area contributed by atoms with Crippen LogP contribution in [0.3, 0.4) is 0 Å². The maximum Gasteiger partial charge on any atom is 0.417 e. The number of halogens is 3. The van der Waals surface area contributed by atoms with Crippen LogP contribution < -0.4 is 5.32 Å². The molecule has 24 heavy (non-hydrogen) atoms. The lowest BCUT2D eigenvalue weighted by molar-refractivity contribution is -0.136. The molecule has 0 aromatic carbocycles. The van der Waals surface area contributed by atoms with Gasteiger partial charge in [0.25, 0.3) is 0 Å². The summed E-state index contributed by atoms with van der Waals surface area (Å²) in [5.74, 6) is -0.159. The Morgan fingerprint density at radius 3 is 2.62 bits per heavy atom. The fourth-order valence-corrected chi connectivity index (χ4v) is 2.93. The molecular formula is C16H17F3N4O. The van der Waals surface area contributed by atoms with Gasteiger partial charge in [-0.05, 0) is 38.7 Å². The number of hydrogen-bond acceptors (Lipinski definition) is 3. The first-order valence-electron chi connectivity index (χ1n) is 8.07. The minimum absolute atomic E-state index is 0.00822. The Labute approximate surface area is 136 Å². The standard InChI is InChI=1S/C16H17F3N4O/c1-8-14-11(16(17,18)19)6-12(9-2-3-9)21-15(14)23(22-8)7-13(24)20-10-4-5-10/h6,9-10H,2-5,7H2,1H3,(H,20,24). The van der Waals surface area contributed by atoms with Gasteiger partial charge in [-0.3, -0.25) is 4.79 Å². The lowest BCUT2D eigenvalue weighted by Crippen LogP contribution is -2.29. The van der Waals surface area contributed by atoms with Crippen molar-refractivity contribution in [2.24, 2.45) is 0 Å². The Hall–Kier alpha value is -2.12. The average Bonchev–Trinajstić information content (AvgIpc) is 3.38. The zero-order valence-electron chi connectivity index (χ0n) is 13.2. The Kier molecular flexibility index (Phi) is 3.33. The highest BCUT2D eigenvalue weighted by Crippen LogP contribution is 2.43. The van der Waals surface area contributed by atoms with Crippen LogP contribution in [0.4, 0.5) is 13.2 Å². The number of carbonyl (C=O) groups excluding carboxylic acids is 1. The summed E-state index contributed by atoms with van der Waals surface area (Å²) in [5.41, 5.74) is 0.126. The Bertz CT molecular complexity index is 819. The topological polar surface area (TPSA) is 59.8 Å². The Morgan fingerprint density at radius 1 is 1.33 bits per heavy atom. The van der Waals surface area contributed by atoms with Crippen LogP contribution in [0.1, 0.15) is 48.6 Å². The van der Waals surface area contributed by atoms with Crippen LogP contribution in [-0.4, -0.2) is 26.7 Å². The number of pyridine rings is 1. The highest BCUT2D eigenvalue weighted by Gasteiger charge is 2.37. The van der Waals surface area contributed by atoms with Crippen LogP contribution in [0.25, 0.3) is 11.0 Å². The number of rotatable bonds is 4. The van der Waals surface area contributed by atoms with E-state index in [9.17, 15) is 18.0 Å². The van der Waals surface area contributed by atoms with Gasteiger partial charge in [-0.15, -0.1) is 0 Å². The van der Waals surface area contributed by atoms with Gasteiger partial charge in [0, 0.05) is 17.7 Å². The molecule has 2 aromatic rings. The highest BCUT2D eigenvalue weighted by molar-refractivity contribution is 5.85. The van der Waals surface area contributed by atoms with Crippen LogP contribution in [-0.2, 0) is 17.5 Å². The van der Waals surface area contributed by atoms with Crippen molar-refractivity contribution in [1.29, 1.82) is 0 Å². The molecule has 4 rings (SSSR count). The molecule has 128 valence electrons. The summed E-state index contributed by atoms with van der Waals surface area (Å²) in [6.07, 6.45) is -0.865. The minimum Gasteiger partial charge on any atom is -0.352 e. The lowest BCUT2D eigenvalue weighted by atomic mass is 10.1. The van der Waals surface area contributed by atoms with E-state index in [1.165, 1.54) is 11.6 Å². The first-order chi connectivity index (χ1) is 11.3. The summed E-state index contributed by atoms with van der Waals surface area (Å²) in [7, 11) is 0. The highest BCUT2D eigenvalue weighted by atomic mass is 19.4. The fourth-order valence-electron chi connectivity index (χ4n) is 2.93. The van der Waals surface area contributed by atoms with Crippen molar-refractivity contribution in [2.75, 3.05) is 0 Å². The minimum atomic E-state index is -4.47. The van der Waals surface area contributed by atoms with Crippen molar-refractivity contribution in [1.82, 2.24) is 20.1 Å². The van der Waals surface area contributed by atoms with Gasteiger partial charge in [-0.1, -0.05) is 0 Å². The fraction of sp³-hybridized carbons (Fsp3) is 0.562. The molecule has 2 heterocycles. The number of fused-ring (bicyclic) bond motifs is 1. The third kappa shape index (κ3) is 2.85. The van der Waals surface area contributed by atoms with E-state index in [1.54, 1.807) is 0 Å². The molecule has 2 aliphatic carbocycles. The van der Waals surface area contributed by atoms with E-state index >= 15 is 0 Å². The van der Waals surface area contributed by atoms with E-state index < -0.39 is 11.7 Å². The largest absolute Gasteiger partial charge is 0.417 e. The molecule has 0 unspecified atom stereocenters. The molecule has 2 aliphatic rings. The molecule has 0 spiro atoms. The van der Waals surface area contributed by atoms with E-state index in [0.717, 1.165) is 31.7 Å². The van der Waals surface area contributed by atoms with E-state index in [4.69, 9.17) is 0 Å². The first-order valence-corrected chi connectivity index (χ1v) is 8.07. The molecule has 1 N–H and O–H groups in total. The van der Waals surface area contributed by atoms with Crippen molar-refractivity contribution in [2.45, 2.75) is 57.3 Å². The second-order valence-corrected chi connectivity index (χ2v) is 6.65. The van der Waals surface area contributed by atoms with E-state index in [-0.39, 0.29) is 41.1 Å². The van der Waals surface area contributed by atoms with Gasteiger partial charge in [-0.25, -0.2) is 9.67 Å². The molecule has 1 amide bonds. The molecule has 5 nitrogen and oxygen atoms in total. The maximum absolute atomic E-state index is 13.5. The number of carbonyl (C=O) groups is 1. The van der Waals surface area contributed by atoms with Crippen molar-refractivity contribution in [3.63, 3.8) is 0 Å². The van der Waals surface area contributed by atoms with Gasteiger partial charge in [0.05, 0.1) is 16.6 Å². The third-order valence-corrected chi connectivity index (χ3v) is 4.43. The Morgan fingerprint density at radius 2 is 2.04 bits per heavy atom. The number of hydrogen-bond donors (Lipinski definition) is 1. The van der Waals surface area contributed by atoms with E-state index in [0.29, 0.717) is 5.69 Å². The first kappa shape index (κ1) is 15.4. The lowest BCUT2D eigenvalue weighted by Gasteiger charge is -2.11. The number of aryl methyl sites for hydroxylation is 1. The SMILES string of the molecule is Cc1nn(CC(=O)NC2CC2)c2nc(C3CC3)cc(C(F)(F)F)c12. The normalized spacial score (nSPS) is 18.2. The van der Waals surface area contributed by atoms with Gasteiger partial charge in [0.2, 0.25) is 5.91 Å². The Balaban J connectivity index is 1.79. The maximum atomic E-state index is 13.5. The van der Waals surface area contributed by atoms with Gasteiger partial charge in [0.1, 0.15) is 6.54 Å². The molecule has 2 fully saturated rings. The molecule has 0 saturated heterocycles. The van der Waals surface area contributed by atoms with Crippen LogP contribution in [0.5, 0.6) is 0 Å². The average molecular weight is 338 g/mol. The summed E-state index contributed by atoms with van der Waals surface area (Å²) in [5, 5.41) is 6.96. The smallest absolute Gasteiger partial charge is 0.352 e. The second-order valence-electron chi connectivity index (χ2n) is 6.65. The molecule has 0 radical (unpaired) electrons. The molecular weight excluding hydrogens is 321 g/mol. The molecule has 0 bridgehead atoms. The van der Waals surface area contributed by atoms with Crippen LogP contribution >= 0.6 is 0 Å². The van der Waals surface area contributed by atoms with Gasteiger partial charge in [-0.2, -0.15) is 18.3 Å². The van der Waals surface area contributed by atoms with Crippen molar-refractivity contribution in [3.05, 3.63) is 23.0 Å². The van der Waals surface area contributed by atoms with Gasteiger partial charge >= 0.3 is 6.18 Å². The third-order valence-electron chi connectivity index (χ3n) is 4.43. The van der Waals surface area contributed by atoms with Crippen LogP contribution in [0.15, 0.2) is 6.07 Å². The molecule has 0 atom stereocenters. The summed E-state index contributed by atoms with van der Waals surface area (Å²) in [6.45, 7) is 1.41. The molecule has 2 saturated carbocycles. The number of nitrogens with zero attached hydrogens (tertiary/aromatic N) is 3. The van der Waals surface area contributed by atoms with E-state index in [1.807, 2.05) is 0 Å². The second kappa shape index (κ2) is 5.19. The molecule has 2 aromatic heterocycles. The van der Waals surface area contributed by atoms with Gasteiger partial charge in [0.15, 0.2) is 5.65 Å². The van der Waals surface area contributed by atoms with Gasteiger partial charge < -0.3 is 5.32 Å². The predicted molar refractivity (Wildman–Crippen MR) is 80.4 cm³/mol. The quantitative estimate of drug-likeness (QED) is 0.932. The van der Waals surface area contributed by atoms with Crippen molar-refractivity contribution < 1.29 is 18.0 Å². The molecule has 8 heteroatoms. The summed E-state index contributed by atoms with van der Waals surface area (Å²) < 4.78 is 41.7. The molecule has 0 aliphatic heterocycles.